The summed E-state index contributed by atoms with van der Waals surface area (Å²) in [5, 5.41) is 0. The molecule has 35 heavy (non-hydrogen) atoms. The topological polar surface area (TPSA) is 101 Å². The van der Waals surface area contributed by atoms with Crippen LogP contribution in [0.2, 0.25) is 0 Å². The summed E-state index contributed by atoms with van der Waals surface area (Å²) >= 11 is 0. The van der Waals surface area contributed by atoms with Crippen LogP contribution >= 0.6 is 0 Å². The number of aromatic nitrogens is 4. The van der Waals surface area contributed by atoms with E-state index in [9.17, 15) is 18.8 Å². The van der Waals surface area contributed by atoms with E-state index >= 15 is 0 Å². The fourth-order valence-corrected chi connectivity index (χ4v) is 3.86. The summed E-state index contributed by atoms with van der Waals surface area (Å²) in [6.07, 6.45) is 2.77. The highest BCUT2D eigenvalue weighted by Gasteiger charge is 2.21. The van der Waals surface area contributed by atoms with Gasteiger partial charge in [0.05, 0.1) is 38.5 Å². The van der Waals surface area contributed by atoms with Crippen molar-refractivity contribution in [2.45, 2.75) is 13.1 Å². The summed E-state index contributed by atoms with van der Waals surface area (Å²) < 4.78 is 27.7. The van der Waals surface area contributed by atoms with Gasteiger partial charge in [-0.1, -0.05) is 12.1 Å². The van der Waals surface area contributed by atoms with Crippen molar-refractivity contribution in [1.82, 2.24) is 18.7 Å². The quantitative estimate of drug-likeness (QED) is 0.336. The molecule has 2 aromatic carbocycles. The number of imidazole rings is 1. The van der Waals surface area contributed by atoms with E-state index < -0.39 is 17.1 Å². The fraction of sp³-hybridized carbons (Fsp3) is 0.120. The normalized spacial score (nSPS) is 11.1. The zero-order chi connectivity index (χ0) is 24.5. The molecule has 0 spiro atoms. The van der Waals surface area contributed by atoms with Gasteiger partial charge < -0.3 is 13.7 Å². The average molecular weight is 474 g/mol. The third-order valence-corrected chi connectivity index (χ3v) is 5.58. The molecule has 0 saturated heterocycles. The van der Waals surface area contributed by atoms with Gasteiger partial charge in [0.25, 0.3) is 5.56 Å². The van der Waals surface area contributed by atoms with Gasteiger partial charge in [0.1, 0.15) is 17.3 Å². The summed E-state index contributed by atoms with van der Waals surface area (Å²) in [6.45, 7) is -0.321. The molecular weight excluding hydrogens is 455 g/mol. The van der Waals surface area contributed by atoms with Crippen molar-refractivity contribution in [2.24, 2.45) is 0 Å². The molecule has 3 heterocycles. The predicted molar refractivity (Wildman–Crippen MR) is 125 cm³/mol. The van der Waals surface area contributed by atoms with E-state index in [2.05, 4.69) is 4.98 Å². The monoisotopic (exact) mass is 474 g/mol. The highest BCUT2D eigenvalue weighted by Crippen LogP contribution is 2.17. The highest BCUT2D eigenvalue weighted by atomic mass is 19.1. The van der Waals surface area contributed by atoms with Crippen LogP contribution in [-0.2, 0) is 13.1 Å². The van der Waals surface area contributed by atoms with Gasteiger partial charge in [-0.05, 0) is 48.5 Å². The molecule has 0 radical (unpaired) electrons. The Balaban J connectivity index is 1.68. The van der Waals surface area contributed by atoms with Crippen LogP contribution < -0.4 is 16.0 Å². The number of fused-ring (bicyclic) bond motifs is 1. The fourth-order valence-electron chi connectivity index (χ4n) is 3.86. The molecule has 0 bridgehead atoms. The first-order chi connectivity index (χ1) is 17.0. The Labute approximate surface area is 197 Å². The Morgan fingerprint density at radius 3 is 2.60 bits per heavy atom. The van der Waals surface area contributed by atoms with E-state index in [4.69, 9.17) is 9.15 Å². The van der Waals surface area contributed by atoms with Gasteiger partial charge >= 0.3 is 5.69 Å². The minimum absolute atomic E-state index is 0.0525. The summed E-state index contributed by atoms with van der Waals surface area (Å²) in [7, 11) is 1.50. The van der Waals surface area contributed by atoms with Crippen molar-refractivity contribution in [3.63, 3.8) is 0 Å². The number of ketones is 1. The Kier molecular flexibility index (Phi) is 5.61. The summed E-state index contributed by atoms with van der Waals surface area (Å²) in [5.41, 5.74) is -0.476. The van der Waals surface area contributed by atoms with Crippen molar-refractivity contribution < 1.29 is 18.3 Å². The Morgan fingerprint density at radius 1 is 1.09 bits per heavy atom. The number of carbonyl (C=O) groups excluding carboxylic acids is 1. The number of nitrogens with zero attached hydrogens (tertiary/aromatic N) is 4. The molecular formula is C25H19FN4O5. The zero-order valence-corrected chi connectivity index (χ0v) is 18.6. The lowest BCUT2D eigenvalue weighted by molar-refractivity contribution is 0.0973. The van der Waals surface area contributed by atoms with E-state index in [0.29, 0.717) is 22.8 Å². The van der Waals surface area contributed by atoms with Gasteiger partial charge in [-0.2, -0.15) is 0 Å². The first-order valence-corrected chi connectivity index (χ1v) is 10.6. The van der Waals surface area contributed by atoms with E-state index in [1.54, 1.807) is 36.4 Å². The standard InChI is InChI=1S/C25H19FN4O5/c1-34-19-5-2-4-16(12-19)21(31)14-28-15-27-23-22(28)24(32)29(13-20-6-3-11-35-20)25(33)30(23)18-9-7-17(26)8-10-18/h2-12,15H,13-14H2,1H3. The number of ether oxygens (including phenoxy) is 1. The molecule has 0 atom stereocenters. The molecule has 0 amide bonds. The second-order valence-corrected chi connectivity index (χ2v) is 7.76. The molecule has 10 heteroatoms. The van der Waals surface area contributed by atoms with E-state index in [0.717, 1.165) is 4.57 Å². The van der Waals surface area contributed by atoms with Crippen molar-refractivity contribution in [1.29, 1.82) is 0 Å². The lowest BCUT2D eigenvalue weighted by Gasteiger charge is -2.12. The number of benzene rings is 2. The van der Waals surface area contributed by atoms with Crippen LogP contribution in [0.5, 0.6) is 5.75 Å². The molecule has 0 aliphatic carbocycles. The number of methoxy groups -OCH3 is 1. The summed E-state index contributed by atoms with van der Waals surface area (Å²) in [4.78, 5) is 44.1. The van der Waals surface area contributed by atoms with Crippen LogP contribution in [0.25, 0.3) is 16.9 Å². The van der Waals surface area contributed by atoms with Crippen LogP contribution in [0.1, 0.15) is 16.1 Å². The minimum Gasteiger partial charge on any atom is -0.497 e. The average Bonchev–Trinajstić information content (AvgIpc) is 3.53. The number of carbonyl (C=O) groups is 1. The largest absolute Gasteiger partial charge is 0.497 e. The smallest absolute Gasteiger partial charge is 0.337 e. The third kappa shape index (κ3) is 4.05. The summed E-state index contributed by atoms with van der Waals surface area (Å²) in [5.74, 6) is 0.168. The van der Waals surface area contributed by atoms with Crippen molar-refractivity contribution in [2.75, 3.05) is 7.11 Å². The molecule has 0 unspecified atom stereocenters. The lowest BCUT2D eigenvalue weighted by atomic mass is 10.1. The molecule has 5 rings (SSSR count). The molecule has 9 nitrogen and oxygen atoms in total. The molecule has 0 saturated carbocycles. The first kappa shape index (κ1) is 22.1. The molecule has 176 valence electrons. The van der Waals surface area contributed by atoms with E-state index in [1.807, 2.05) is 0 Å². The summed E-state index contributed by atoms with van der Waals surface area (Å²) in [6, 6.07) is 15.2. The Hall–Kier alpha value is -4.73. The second-order valence-electron chi connectivity index (χ2n) is 7.76. The highest BCUT2D eigenvalue weighted by molar-refractivity contribution is 5.96. The van der Waals surface area contributed by atoms with Gasteiger partial charge in [-0.25, -0.2) is 18.7 Å². The number of Topliss-reactive ketones (excluding diaryl/α,β-unsaturated/α-hetero) is 1. The molecule has 0 fully saturated rings. The lowest BCUT2D eigenvalue weighted by Crippen LogP contribution is -2.40. The molecule has 5 aromatic rings. The van der Waals surface area contributed by atoms with Crippen LogP contribution in [0, 0.1) is 5.82 Å². The van der Waals surface area contributed by atoms with Gasteiger partial charge in [0.15, 0.2) is 16.9 Å². The number of halogens is 1. The number of hydrogen-bond donors (Lipinski definition) is 0. The van der Waals surface area contributed by atoms with Crippen molar-refractivity contribution in [3.05, 3.63) is 111 Å². The van der Waals surface area contributed by atoms with E-state index in [-0.39, 0.29) is 30.0 Å². The zero-order valence-electron chi connectivity index (χ0n) is 18.6. The predicted octanol–water partition coefficient (Wildman–Crippen LogP) is 3.02. The Morgan fingerprint density at radius 2 is 1.89 bits per heavy atom. The van der Waals surface area contributed by atoms with E-state index in [1.165, 1.54) is 53.1 Å². The molecule has 0 N–H and O–H groups in total. The molecule has 0 aliphatic heterocycles. The van der Waals surface area contributed by atoms with Gasteiger partial charge in [-0.15, -0.1) is 0 Å². The van der Waals surface area contributed by atoms with Crippen LogP contribution in [0.4, 0.5) is 4.39 Å². The molecule has 0 aliphatic rings. The van der Waals surface area contributed by atoms with Gasteiger partial charge in [0, 0.05) is 5.56 Å². The number of furan rings is 1. The maximum absolute atomic E-state index is 13.6. The second kappa shape index (κ2) is 8.90. The van der Waals surface area contributed by atoms with Crippen LogP contribution in [-0.4, -0.2) is 31.6 Å². The Bertz CT molecular complexity index is 1650. The van der Waals surface area contributed by atoms with Gasteiger partial charge in [-0.3, -0.25) is 14.2 Å². The number of rotatable bonds is 7. The van der Waals surface area contributed by atoms with Crippen LogP contribution in [0.3, 0.4) is 0 Å². The van der Waals surface area contributed by atoms with Gasteiger partial charge in [0.2, 0.25) is 0 Å². The van der Waals surface area contributed by atoms with Crippen LogP contribution in [0.15, 0.2) is 87.3 Å². The SMILES string of the molecule is COc1cccc(C(=O)Cn2cnc3c2c(=O)n(Cc2ccco2)c(=O)n3-c2ccc(F)cc2)c1. The minimum atomic E-state index is -0.671. The van der Waals surface area contributed by atoms with Crippen molar-refractivity contribution in [3.8, 4) is 11.4 Å². The third-order valence-electron chi connectivity index (χ3n) is 5.58. The van der Waals surface area contributed by atoms with Crippen molar-refractivity contribution >= 4 is 16.9 Å². The maximum atomic E-state index is 13.6. The number of hydrogen-bond acceptors (Lipinski definition) is 6. The molecule has 3 aromatic heterocycles. The maximum Gasteiger partial charge on any atom is 0.337 e. The first-order valence-electron chi connectivity index (χ1n) is 10.6.